The van der Waals surface area contributed by atoms with Crippen molar-refractivity contribution in [2.24, 2.45) is 5.92 Å². The Morgan fingerprint density at radius 3 is 2.50 bits per heavy atom. The second kappa shape index (κ2) is 10.3. The van der Waals surface area contributed by atoms with Crippen LogP contribution < -0.4 is 16.1 Å². The largest absolute Gasteiger partial charge is 0.336 e. The quantitative estimate of drug-likeness (QED) is 0.311. The van der Waals surface area contributed by atoms with Crippen LogP contribution in [0.2, 0.25) is 0 Å². The molecule has 202 valence electrons. The second-order valence-corrected chi connectivity index (χ2v) is 10.1. The zero-order valence-electron chi connectivity index (χ0n) is 21.7. The van der Waals surface area contributed by atoms with Crippen molar-refractivity contribution >= 4 is 22.8 Å². The molecule has 0 spiro atoms. The summed E-state index contributed by atoms with van der Waals surface area (Å²) in [5.74, 6) is -0.250. The minimum atomic E-state index is -0.546. The Balaban J connectivity index is 1.40. The molecule has 0 bridgehead atoms. The Morgan fingerprint density at radius 1 is 1.07 bits per heavy atom. The summed E-state index contributed by atoms with van der Waals surface area (Å²) >= 11 is 0. The fourth-order valence-corrected chi connectivity index (χ4v) is 4.86. The van der Waals surface area contributed by atoms with Crippen LogP contribution in [0.1, 0.15) is 46.1 Å². The molecule has 3 aromatic heterocycles. The van der Waals surface area contributed by atoms with Crippen LogP contribution in [0.3, 0.4) is 0 Å². The number of aromatic nitrogens is 6. The summed E-state index contributed by atoms with van der Waals surface area (Å²) in [5.41, 5.74) is 1.74. The Labute approximate surface area is 227 Å². The van der Waals surface area contributed by atoms with Crippen molar-refractivity contribution in [1.29, 1.82) is 0 Å². The molecule has 1 aliphatic carbocycles. The number of fused-ring (bicyclic) bond motifs is 1. The highest BCUT2D eigenvalue weighted by molar-refractivity contribution is 6.05. The number of halogens is 1. The molecule has 1 unspecified atom stereocenters. The topological polar surface area (TPSA) is 130 Å². The molecule has 1 aliphatic rings. The highest BCUT2D eigenvalue weighted by atomic mass is 19.1. The number of benzene rings is 2. The Hall–Kier alpha value is -4.93. The third kappa shape index (κ3) is 4.93. The molecule has 2 aromatic carbocycles. The molecule has 1 amide bonds. The van der Waals surface area contributed by atoms with Crippen LogP contribution in [-0.2, 0) is 13.0 Å². The first-order valence-electron chi connectivity index (χ1n) is 13.0. The molecule has 10 nitrogen and oxygen atoms in total. The van der Waals surface area contributed by atoms with Crippen LogP contribution in [0.4, 0.5) is 10.1 Å². The van der Waals surface area contributed by atoms with E-state index in [1.54, 1.807) is 37.4 Å². The van der Waals surface area contributed by atoms with Gasteiger partial charge in [-0.05, 0) is 54.5 Å². The van der Waals surface area contributed by atoms with Crippen molar-refractivity contribution in [3.63, 3.8) is 0 Å². The van der Waals surface area contributed by atoms with Gasteiger partial charge in [0.1, 0.15) is 23.5 Å². The van der Waals surface area contributed by atoms with Gasteiger partial charge in [0, 0.05) is 37.6 Å². The van der Waals surface area contributed by atoms with Crippen molar-refractivity contribution < 1.29 is 9.18 Å². The molecule has 1 atom stereocenters. The number of anilines is 1. The second-order valence-electron chi connectivity index (χ2n) is 10.1. The van der Waals surface area contributed by atoms with Gasteiger partial charge in [0.2, 0.25) is 0 Å². The third-order valence-electron chi connectivity index (χ3n) is 7.30. The summed E-state index contributed by atoms with van der Waals surface area (Å²) in [7, 11) is 1.66. The number of rotatable bonds is 8. The summed E-state index contributed by atoms with van der Waals surface area (Å²) in [6, 6.07) is 13.8. The molecular formula is C29H26FN7O3. The van der Waals surface area contributed by atoms with Gasteiger partial charge >= 0.3 is 5.69 Å². The first kappa shape index (κ1) is 25.4. The normalized spacial score (nSPS) is 13.8. The minimum Gasteiger partial charge on any atom is -0.336 e. The molecule has 40 heavy (non-hydrogen) atoms. The molecule has 1 fully saturated rings. The van der Waals surface area contributed by atoms with Gasteiger partial charge in [-0.1, -0.05) is 30.3 Å². The summed E-state index contributed by atoms with van der Waals surface area (Å²) < 4.78 is 16.3. The Morgan fingerprint density at radius 2 is 1.80 bits per heavy atom. The van der Waals surface area contributed by atoms with E-state index in [0.29, 0.717) is 40.7 Å². The van der Waals surface area contributed by atoms with Crippen LogP contribution in [0.25, 0.3) is 11.2 Å². The molecule has 2 N–H and O–H groups in total. The fraction of sp³-hybridized carbons (Fsp3) is 0.241. The van der Waals surface area contributed by atoms with E-state index in [2.05, 4.69) is 19.9 Å². The average Bonchev–Trinajstić information content (AvgIpc) is 3.69. The number of imidazole rings is 1. The molecule has 11 heteroatoms. The molecule has 3 heterocycles. The van der Waals surface area contributed by atoms with E-state index in [-0.39, 0.29) is 23.7 Å². The predicted molar refractivity (Wildman–Crippen MR) is 147 cm³/mol. The lowest BCUT2D eigenvalue weighted by Crippen LogP contribution is -2.30. The van der Waals surface area contributed by atoms with E-state index >= 15 is 0 Å². The zero-order chi connectivity index (χ0) is 27.8. The van der Waals surface area contributed by atoms with E-state index in [1.165, 1.54) is 34.3 Å². The summed E-state index contributed by atoms with van der Waals surface area (Å²) in [6.45, 7) is 0.482. The van der Waals surface area contributed by atoms with E-state index in [9.17, 15) is 18.8 Å². The first-order valence-corrected chi connectivity index (χ1v) is 13.0. The molecular weight excluding hydrogens is 513 g/mol. The van der Waals surface area contributed by atoms with Gasteiger partial charge in [-0.15, -0.1) is 0 Å². The Bertz CT molecular complexity index is 1810. The highest BCUT2D eigenvalue weighted by Crippen LogP contribution is 2.32. The zero-order valence-corrected chi connectivity index (χ0v) is 21.7. The van der Waals surface area contributed by atoms with Crippen LogP contribution in [0, 0.1) is 11.7 Å². The molecule has 6 rings (SSSR count). The highest BCUT2D eigenvalue weighted by Gasteiger charge is 2.27. The number of hydrogen-bond acceptors (Lipinski definition) is 6. The van der Waals surface area contributed by atoms with Gasteiger partial charge < -0.3 is 9.88 Å². The molecule has 0 aliphatic heterocycles. The van der Waals surface area contributed by atoms with Crippen LogP contribution >= 0.6 is 0 Å². The SMILES string of the molecule is CN(C(=O)c1cncnc1)c1ccc(C(Cc2ccccc2F)c2nc3c([nH]2)c(=O)[nH]c(=O)n3CC2CC2)cc1. The average molecular weight is 540 g/mol. The number of nitrogens with one attached hydrogen (secondary N) is 2. The van der Waals surface area contributed by atoms with E-state index in [1.807, 2.05) is 12.1 Å². The number of amides is 1. The maximum absolute atomic E-state index is 14.8. The molecule has 0 saturated heterocycles. The lowest BCUT2D eigenvalue weighted by Gasteiger charge is -2.20. The van der Waals surface area contributed by atoms with Crippen LogP contribution in [-0.4, -0.2) is 42.4 Å². The van der Waals surface area contributed by atoms with Gasteiger partial charge in [-0.2, -0.15) is 0 Å². The maximum atomic E-state index is 14.8. The molecule has 0 radical (unpaired) electrons. The van der Waals surface area contributed by atoms with Crippen molar-refractivity contribution in [1.82, 2.24) is 29.5 Å². The monoisotopic (exact) mass is 539 g/mol. The number of carbonyl (C=O) groups is 1. The van der Waals surface area contributed by atoms with Crippen molar-refractivity contribution in [2.45, 2.75) is 31.7 Å². The maximum Gasteiger partial charge on any atom is 0.330 e. The third-order valence-corrected chi connectivity index (χ3v) is 7.30. The van der Waals surface area contributed by atoms with Gasteiger partial charge in [0.15, 0.2) is 5.65 Å². The standard InChI is InChI=1S/C29H26FN7O3/c1-36(28(39)20-13-31-16-32-14-20)21-10-8-18(9-11-21)22(12-19-4-2-3-5-23(19)30)25-33-24-26(34-25)37(15-17-6-7-17)29(40)35-27(24)38/h2-5,8-11,13-14,16-17,22H,6-7,12,15H2,1H3,(H,33,34)(H,35,38,40). The predicted octanol–water partition coefficient (Wildman–Crippen LogP) is 3.40. The first-order chi connectivity index (χ1) is 19.4. The summed E-state index contributed by atoms with van der Waals surface area (Å²) in [6.07, 6.45) is 6.58. The van der Waals surface area contributed by atoms with Crippen LogP contribution in [0.5, 0.6) is 0 Å². The van der Waals surface area contributed by atoms with Gasteiger partial charge in [-0.25, -0.2) is 24.1 Å². The summed E-state index contributed by atoms with van der Waals surface area (Å²) in [4.78, 5) is 57.7. The van der Waals surface area contributed by atoms with Crippen molar-refractivity contribution in [3.05, 3.63) is 116 Å². The van der Waals surface area contributed by atoms with Gasteiger partial charge in [-0.3, -0.25) is 19.1 Å². The number of carbonyl (C=O) groups excluding carboxylic acids is 1. The fourth-order valence-electron chi connectivity index (χ4n) is 4.86. The van der Waals surface area contributed by atoms with E-state index in [4.69, 9.17) is 4.98 Å². The number of aromatic amines is 2. The number of H-pyrrole nitrogens is 2. The number of nitrogens with zero attached hydrogens (tertiary/aromatic N) is 5. The molecule has 5 aromatic rings. The van der Waals surface area contributed by atoms with Gasteiger partial charge in [0.25, 0.3) is 11.5 Å². The summed E-state index contributed by atoms with van der Waals surface area (Å²) in [5, 5.41) is 0. The van der Waals surface area contributed by atoms with Crippen molar-refractivity contribution in [3.8, 4) is 0 Å². The Kier molecular flexibility index (Phi) is 6.54. The van der Waals surface area contributed by atoms with E-state index < -0.39 is 17.2 Å². The van der Waals surface area contributed by atoms with Crippen LogP contribution in [0.15, 0.2) is 76.8 Å². The van der Waals surface area contributed by atoms with Crippen molar-refractivity contribution in [2.75, 3.05) is 11.9 Å². The lowest BCUT2D eigenvalue weighted by atomic mass is 9.91. The smallest absolute Gasteiger partial charge is 0.330 e. The molecule has 1 saturated carbocycles. The minimum absolute atomic E-state index is 0.209. The van der Waals surface area contributed by atoms with Gasteiger partial charge in [0.05, 0.1) is 5.56 Å². The lowest BCUT2D eigenvalue weighted by molar-refractivity contribution is 0.0992. The number of hydrogen-bond donors (Lipinski definition) is 2. The van der Waals surface area contributed by atoms with E-state index in [0.717, 1.165) is 18.4 Å².